The van der Waals surface area contributed by atoms with Gasteiger partial charge in [-0.15, -0.1) is 0 Å². The summed E-state index contributed by atoms with van der Waals surface area (Å²) in [7, 11) is 1.81. The average Bonchev–Trinajstić information content (AvgIpc) is 2.22. The Morgan fingerprint density at radius 3 is 2.56 bits per heavy atom. The highest BCUT2D eigenvalue weighted by Crippen LogP contribution is 2.30. The molecule has 0 fully saturated rings. The molecular weight excluding hydrogens is 217 g/mol. The Labute approximate surface area is 90.4 Å². The van der Waals surface area contributed by atoms with Gasteiger partial charge in [-0.1, -0.05) is 0 Å². The van der Waals surface area contributed by atoms with E-state index in [1.807, 2.05) is 6.92 Å². The van der Waals surface area contributed by atoms with Crippen molar-refractivity contribution in [2.45, 2.75) is 13.1 Å². The van der Waals surface area contributed by atoms with Gasteiger partial charge in [0.1, 0.15) is 5.69 Å². The molecule has 5 heteroatoms. The fourth-order valence-corrected chi connectivity index (χ4v) is 1.55. The Morgan fingerprint density at radius 2 is 1.94 bits per heavy atom. The van der Waals surface area contributed by atoms with Gasteiger partial charge in [0.2, 0.25) is 0 Å². The summed E-state index contributed by atoms with van der Waals surface area (Å²) in [6.45, 7) is 1.84. The third kappa shape index (κ3) is 1.73. The molecule has 0 aliphatic rings. The van der Waals surface area contributed by atoms with Crippen LogP contribution in [0.4, 0.5) is 13.2 Å². The Kier molecular flexibility index (Phi) is 2.33. The molecule has 0 unspecified atom stereocenters. The second-order valence-electron chi connectivity index (χ2n) is 3.67. The van der Waals surface area contributed by atoms with Gasteiger partial charge in [-0.2, -0.15) is 13.2 Å². The average molecular weight is 227 g/mol. The lowest BCUT2D eigenvalue weighted by molar-refractivity contribution is -0.679. The molecule has 0 aliphatic heterocycles. The smallest absolute Gasteiger partial charge is 0.237 e. The first kappa shape index (κ1) is 10.9. The molecule has 0 radical (unpaired) electrons. The molecule has 0 spiro atoms. The van der Waals surface area contributed by atoms with E-state index >= 15 is 0 Å². The Hall–Kier alpha value is -1.65. The van der Waals surface area contributed by atoms with E-state index < -0.39 is 11.7 Å². The molecule has 1 aromatic heterocycles. The van der Waals surface area contributed by atoms with E-state index in [-0.39, 0.29) is 0 Å². The highest BCUT2D eigenvalue weighted by molar-refractivity contribution is 5.80. The van der Waals surface area contributed by atoms with Crippen LogP contribution >= 0.6 is 0 Å². The molecule has 84 valence electrons. The molecule has 0 aliphatic carbocycles. The lowest BCUT2D eigenvalue weighted by atomic mass is 10.1. The van der Waals surface area contributed by atoms with Crippen LogP contribution in [0, 0.1) is 6.92 Å². The molecule has 0 amide bonds. The number of rotatable bonds is 0. The second-order valence-corrected chi connectivity index (χ2v) is 3.67. The normalized spacial score (nSPS) is 12.1. The fraction of sp³-hybridized carbons (Fsp3) is 0.273. The molecular formula is C11H10F3N2+. The lowest BCUT2D eigenvalue weighted by Crippen LogP contribution is -2.32. The van der Waals surface area contributed by atoms with Gasteiger partial charge in [0.05, 0.1) is 18.0 Å². The number of halogens is 3. The van der Waals surface area contributed by atoms with Crippen molar-refractivity contribution in [3.63, 3.8) is 0 Å². The SMILES string of the molecule is Cc1c2ccc(C(F)(F)F)cc2nc[n+]1C. The highest BCUT2D eigenvalue weighted by atomic mass is 19.4. The number of alkyl halides is 3. The van der Waals surface area contributed by atoms with Crippen molar-refractivity contribution in [2.24, 2.45) is 7.05 Å². The summed E-state index contributed by atoms with van der Waals surface area (Å²) in [6, 6.07) is 3.61. The van der Waals surface area contributed by atoms with Gasteiger partial charge in [-0.3, -0.25) is 0 Å². The molecule has 0 N–H and O–H groups in total. The van der Waals surface area contributed by atoms with E-state index in [1.54, 1.807) is 11.6 Å². The monoisotopic (exact) mass is 227 g/mol. The van der Waals surface area contributed by atoms with E-state index in [0.717, 1.165) is 23.2 Å². The maximum atomic E-state index is 12.5. The van der Waals surface area contributed by atoms with Crippen molar-refractivity contribution < 1.29 is 17.7 Å². The minimum atomic E-state index is -4.32. The Balaban J connectivity index is 2.70. The number of benzene rings is 1. The summed E-state index contributed by atoms with van der Waals surface area (Å²) in [5.74, 6) is 0. The van der Waals surface area contributed by atoms with Crippen LogP contribution in [0.3, 0.4) is 0 Å². The molecule has 2 nitrogen and oxygen atoms in total. The first-order chi connectivity index (χ1) is 7.39. The molecule has 2 rings (SSSR count). The topological polar surface area (TPSA) is 16.8 Å². The van der Waals surface area contributed by atoms with Gasteiger partial charge in [0.15, 0.2) is 5.52 Å². The first-order valence-corrected chi connectivity index (χ1v) is 4.72. The van der Waals surface area contributed by atoms with Gasteiger partial charge in [-0.25, -0.2) is 4.57 Å². The minimum Gasteiger partial charge on any atom is -0.237 e. The largest absolute Gasteiger partial charge is 0.416 e. The van der Waals surface area contributed by atoms with E-state index in [9.17, 15) is 13.2 Å². The molecule has 16 heavy (non-hydrogen) atoms. The molecule has 0 atom stereocenters. The van der Waals surface area contributed by atoms with Crippen molar-refractivity contribution in [3.8, 4) is 0 Å². The molecule has 2 aromatic rings. The number of fused-ring (bicyclic) bond motifs is 1. The fourth-order valence-electron chi connectivity index (χ4n) is 1.55. The van der Waals surface area contributed by atoms with Crippen LogP contribution in [0.1, 0.15) is 11.3 Å². The maximum Gasteiger partial charge on any atom is 0.416 e. The lowest BCUT2D eigenvalue weighted by Gasteiger charge is -2.06. The van der Waals surface area contributed by atoms with E-state index in [2.05, 4.69) is 4.98 Å². The summed E-state index contributed by atoms with van der Waals surface area (Å²) in [6.07, 6.45) is -2.81. The van der Waals surface area contributed by atoms with Crippen LogP contribution in [-0.2, 0) is 13.2 Å². The number of aromatic nitrogens is 2. The van der Waals surface area contributed by atoms with Crippen molar-refractivity contribution in [1.29, 1.82) is 0 Å². The maximum absolute atomic E-state index is 12.5. The number of hydrogen-bond donors (Lipinski definition) is 0. The van der Waals surface area contributed by atoms with Crippen LogP contribution in [0.15, 0.2) is 24.5 Å². The summed E-state index contributed by atoms with van der Waals surface area (Å²) in [5.41, 5.74) is 0.588. The van der Waals surface area contributed by atoms with Crippen molar-refractivity contribution in [1.82, 2.24) is 4.98 Å². The molecule has 0 bridgehead atoms. The van der Waals surface area contributed by atoms with Crippen molar-refractivity contribution in [3.05, 3.63) is 35.8 Å². The molecule has 0 saturated heterocycles. The van der Waals surface area contributed by atoms with Gasteiger partial charge in [0, 0.05) is 6.07 Å². The standard InChI is InChI=1S/C11H10F3N2/c1-7-9-4-3-8(11(12,13)14)5-10(9)15-6-16(7)2/h3-6H,1-2H3/q+1. The first-order valence-electron chi connectivity index (χ1n) is 4.72. The van der Waals surface area contributed by atoms with Gasteiger partial charge in [-0.05, 0) is 24.0 Å². The quantitative estimate of drug-likeness (QED) is 0.631. The van der Waals surface area contributed by atoms with Crippen LogP contribution < -0.4 is 4.57 Å². The van der Waals surface area contributed by atoms with Crippen LogP contribution in [0.25, 0.3) is 10.9 Å². The number of aryl methyl sites for hydroxylation is 2. The zero-order valence-corrected chi connectivity index (χ0v) is 8.84. The van der Waals surface area contributed by atoms with Crippen molar-refractivity contribution >= 4 is 10.9 Å². The molecule has 1 aromatic carbocycles. The van der Waals surface area contributed by atoms with Crippen LogP contribution in [-0.4, -0.2) is 4.98 Å². The van der Waals surface area contributed by atoms with E-state index in [1.165, 1.54) is 12.4 Å². The highest BCUT2D eigenvalue weighted by Gasteiger charge is 2.31. The second kappa shape index (κ2) is 3.43. The minimum absolute atomic E-state index is 0.366. The summed E-state index contributed by atoms with van der Waals surface area (Å²) >= 11 is 0. The predicted octanol–water partition coefficient (Wildman–Crippen LogP) is 2.39. The van der Waals surface area contributed by atoms with Gasteiger partial charge in [0.25, 0.3) is 6.33 Å². The summed E-state index contributed by atoms with van der Waals surface area (Å²) in [4.78, 5) is 3.98. The zero-order valence-electron chi connectivity index (χ0n) is 8.84. The van der Waals surface area contributed by atoms with Crippen LogP contribution in [0.5, 0.6) is 0 Å². The van der Waals surface area contributed by atoms with E-state index in [4.69, 9.17) is 0 Å². The van der Waals surface area contributed by atoms with E-state index in [0.29, 0.717) is 5.52 Å². The van der Waals surface area contributed by atoms with Gasteiger partial charge < -0.3 is 0 Å². The third-order valence-electron chi connectivity index (χ3n) is 2.61. The summed E-state index contributed by atoms with van der Waals surface area (Å²) in [5, 5.41) is 0.734. The Bertz CT molecular complexity index is 547. The summed E-state index contributed by atoms with van der Waals surface area (Å²) < 4.78 is 39.2. The Morgan fingerprint density at radius 1 is 1.25 bits per heavy atom. The molecule has 0 saturated carbocycles. The number of hydrogen-bond acceptors (Lipinski definition) is 1. The predicted molar refractivity (Wildman–Crippen MR) is 52.7 cm³/mol. The molecule has 1 heterocycles. The zero-order chi connectivity index (χ0) is 11.9. The van der Waals surface area contributed by atoms with Gasteiger partial charge >= 0.3 is 6.18 Å². The third-order valence-corrected chi connectivity index (χ3v) is 2.61. The number of nitrogens with zero attached hydrogens (tertiary/aromatic N) is 2. The van der Waals surface area contributed by atoms with Crippen LogP contribution in [0.2, 0.25) is 0 Å². The van der Waals surface area contributed by atoms with Crippen molar-refractivity contribution in [2.75, 3.05) is 0 Å².